The van der Waals surface area contributed by atoms with E-state index in [2.05, 4.69) is 36.3 Å². The van der Waals surface area contributed by atoms with Crippen molar-refractivity contribution >= 4 is 0 Å². The number of rotatable bonds is 0. The van der Waals surface area contributed by atoms with Crippen LogP contribution in [0.3, 0.4) is 0 Å². The smallest absolute Gasteiger partial charge is 0.0233 e. The molecule has 1 nitrogen and oxygen atoms in total. The lowest BCUT2D eigenvalue weighted by atomic mass is 10.1. The van der Waals surface area contributed by atoms with Crippen molar-refractivity contribution in [2.24, 2.45) is 0 Å². The van der Waals surface area contributed by atoms with Gasteiger partial charge >= 0.3 is 0 Å². The lowest BCUT2D eigenvalue weighted by molar-refractivity contribution is 0.368. The SMILES string of the molecule is CN1CCCC2=C(C=CCC=C2)C1. The van der Waals surface area contributed by atoms with Gasteiger partial charge in [-0.15, -0.1) is 0 Å². The van der Waals surface area contributed by atoms with Gasteiger partial charge in [0.25, 0.3) is 0 Å². The van der Waals surface area contributed by atoms with Gasteiger partial charge in [-0.1, -0.05) is 24.3 Å². The van der Waals surface area contributed by atoms with E-state index in [1.807, 2.05) is 0 Å². The Labute approximate surface area is 80.4 Å². The molecule has 0 aromatic carbocycles. The third kappa shape index (κ3) is 2.10. The second kappa shape index (κ2) is 3.93. The molecule has 13 heavy (non-hydrogen) atoms. The van der Waals surface area contributed by atoms with Gasteiger partial charge in [0.1, 0.15) is 0 Å². The lowest BCUT2D eigenvalue weighted by Crippen LogP contribution is -2.20. The van der Waals surface area contributed by atoms with Crippen LogP contribution in [0, 0.1) is 0 Å². The van der Waals surface area contributed by atoms with Crippen molar-refractivity contribution in [2.75, 3.05) is 20.1 Å². The summed E-state index contributed by atoms with van der Waals surface area (Å²) >= 11 is 0. The molecule has 2 aliphatic rings. The zero-order valence-corrected chi connectivity index (χ0v) is 8.29. The second-order valence-electron chi connectivity index (χ2n) is 3.93. The minimum absolute atomic E-state index is 1.09. The molecule has 1 heterocycles. The fourth-order valence-electron chi connectivity index (χ4n) is 2.02. The van der Waals surface area contributed by atoms with Gasteiger partial charge in [0.15, 0.2) is 0 Å². The summed E-state index contributed by atoms with van der Waals surface area (Å²) in [4.78, 5) is 2.41. The normalized spacial score (nSPS) is 24.1. The van der Waals surface area contributed by atoms with Crippen LogP contribution in [0.15, 0.2) is 35.5 Å². The lowest BCUT2D eigenvalue weighted by Gasteiger charge is -2.13. The number of allylic oxidation sites excluding steroid dienone is 4. The first-order valence-corrected chi connectivity index (χ1v) is 5.10. The van der Waals surface area contributed by atoms with E-state index in [0.29, 0.717) is 0 Å². The van der Waals surface area contributed by atoms with Gasteiger partial charge in [0.05, 0.1) is 0 Å². The maximum Gasteiger partial charge on any atom is 0.0233 e. The van der Waals surface area contributed by atoms with Crippen LogP contribution in [0.25, 0.3) is 0 Å². The van der Waals surface area contributed by atoms with E-state index in [4.69, 9.17) is 0 Å². The third-order valence-corrected chi connectivity index (χ3v) is 2.75. The quantitative estimate of drug-likeness (QED) is 0.547. The summed E-state index contributed by atoms with van der Waals surface area (Å²) in [6.07, 6.45) is 12.8. The van der Waals surface area contributed by atoms with E-state index in [1.165, 1.54) is 25.0 Å². The fraction of sp³-hybridized carbons (Fsp3) is 0.500. The standard InChI is InChI=1S/C12H17N/c1-13-9-5-8-11-6-3-2-4-7-12(11)10-13/h3-4,6-7H,2,5,8-10H2,1H3. The van der Waals surface area contributed by atoms with Crippen molar-refractivity contribution in [1.29, 1.82) is 0 Å². The highest BCUT2D eigenvalue weighted by atomic mass is 15.1. The number of likely N-dealkylation sites (N-methyl/N-ethyl adjacent to an activating group) is 1. The summed E-state index contributed by atoms with van der Waals surface area (Å²) in [6.45, 7) is 2.35. The molecule has 1 aliphatic carbocycles. The molecule has 0 saturated heterocycles. The van der Waals surface area contributed by atoms with Crippen molar-refractivity contribution in [3.63, 3.8) is 0 Å². The molecule has 0 spiro atoms. The molecule has 0 fully saturated rings. The van der Waals surface area contributed by atoms with E-state index in [0.717, 1.165) is 13.0 Å². The summed E-state index contributed by atoms with van der Waals surface area (Å²) in [7, 11) is 2.21. The van der Waals surface area contributed by atoms with Gasteiger partial charge in [-0.3, -0.25) is 0 Å². The van der Waals surface area contributed by atoms with Crippen LogP contribution in [0.1, 0.15) is 19.3 Å². The first kappa shape index (κ1) is 8.76. The highest BCUT2D eigenvalue weighted by Gasteiger charge is 2.11. The van der Waals surface area contributed by atoms with Crippen LogP contribution in [-0.4, -0.2) is 25.0 Å². The zero-order valence-electron chi connectivity index (χ0n) is 8.29. The van der Waals surface area contributed by atoms with E-state index >= 15 is 0 Å². The second-order valence-corrected chi connectivity index (χ2v) is 3.93. The Morgan fingerprint density at radius 3 is 2.77 bits per heavy atom. The Morgan fingerprint density at radius 1 is 1.15 bits per heavy atom. The number of hydrogen-bond acceptors (Lipinski definition) is 1. The van der Waals surface area contributed by atoms with Crippen LogP contribution >= 0.6 is 0 Å². The molecule has 0 N–H and O–H groups in total. The van der Waals surface area contributed by atoms with Crippen molar-refractivity contribution < 1.29 is 0 Å². The maximum atomic E-state index is 2.41. The summed E-state index contributed by atoms with van der Waals surface area (Å²) in [5.41, 5.74) is 3.08. The monoisotopic (exact) mass is 175 g/mol. The molecule has 2 rings (SSSR count). The Balaban J connectivity index is 2.26. The summed E-state index contributed by atoms with van der Waals surface area (Å²) < 4.78 is 0. The Bertz CT molecular complexity index is 271. The number of hydrogen-bond donors (Lipinski definition) is 0. The highest BCUT2D eigenvalue weighted by molar-refractivity contribution is 5.37. The van der Waals surface area contributed by atoms with Crippen LogP contribution < -0.4 is 0 Å². The molecule has 1 heteroatoms. The van der Waals surface area contributed by atoms with E-state index < -0.39 is 0 Å². The molecule has 1 aliphatic heterocycles. The minimum Gasteiger partial charge on any atom is -0.302 e. The van der Waals surface area contributed by atoms with Crippen molar-refractivity contribution in [1.82, 2.24) is 4.90 Å². The summed E-state index contributed by atoms with van der Waals surface area (Å²) in [5, 5.41) is 0. The molecule has 0 aromatic heterocycles. The predicted octanol–water partition coefficient (Wildman–Crippen LogP) is 2.52. The molecule has 0 amide bonds. The summed E-state index contributed by atoms with van der Waals surface area (Å²) in [5.74, 6) is 0. The maximum absolute atomic E-state index is 2.41. The van der Waals surface area contributed by atoms with E-state index in [-0.39, 0.29) is 0 Å². The highest BCUT2D eigenvalue weighted by Crippen LogP contribution is 2.21. The van der Waals surface area contributed by atoms with Gasteiger partial charge < -0.3 is 4.90 Å². The molecule has 0 bridgehead atoms. The molecule has 0 radical (unpaired) electrons. The predicted molar refractivity (Wildman–Crippen MR) is 56.7 cm³/mol. The molecular formula is C12H17N. The van der Waals surface area contributed by atoms with Crippen LogP contribution in [-0.2, 0) is 0 Å². The largest absolute Gasteiger partial charge is 0.302 e. The molecule has 0 saturated carbocycles. The Hall–Kier alpha value is -0.820. The summed E-state index contributed by atoms with van der Waals surface area (Å²) in [6, 6.07) is 0. The van der Waals surface area contributed by atoms with E-state index in [9.17, 15) is 0 Å². The van der Waals surface area contributed by atoms with Gasteiger partial charge in [-0.05, 0) is 44.0 Å². The topological polar surface area (TPSA) is 3.24 Å². The van der Waals surface area contributed by atoms with Crippen LogP contribution in [0.4, 0.5) is 0 Å². The molecular weight excluding hydrogens is 158 g/mol. The van der Waals surface area contributed by atoms with Gasteiger partial charge in [0.2, 0.25) is 0 Å². The molecule has 0 aromatic rings. The zero-order chi connectivity index (χ0) is 9.10. The number of nitrogens with zero attached hydrogens (tertiary/aromatic N) is 1. The van der Waals surface area contributed by atoms with Crippen molar-refractivity contribution in [3.05, 3.63) is 35.5 Å². The molecule has 0 unspecified atom stereocenters. The Morgan fingerprint density at radius 2 is 1.92 bits per heavy atom. The third-order valence-electron chi connectivity index (χ3n) is 2.75. The minimum atomic E-state index is 1.09. The van der Waals surface area contributed by atoms with Crippen molar-refractivity contribution in [2.45, 2.75) is 19.3 Å². The first-order valence-electron chi connectivity index (χ1n) is 5.10. The average molecular weight is 175 g/mol. The Kier molecular flexibility index (Phi) is 2.65. The molecule has 0 atom stereocenters. The van der Waals surface area contributed by atoms with Crippen LogP contribution in [0.5, 0.6) is 0 Å². The van der Waals surface area contributed by atoms with Gasteiger partial charge in [-0.2, -0.15) is 0 Å². The van der Waals surface area contributed by atoms with Crippen LogP contribution in [0.2, 0.25) is 0 Å². The first-order chi connectivity index (χ1) is 6.36. The van der Waals surface area contributed by atoms with E-state index in [1.54, 1.807) is 5.57 Å². The molecule has 70 valence electrons. The van der Waals surface area contributed by atoms with Gasteiger partial charge in [-0.25, -0.2) is 0 Å². The van der Waals surface area contributed by atoms with Crippen molar-refractivity contribution in [3.8, 4) is 0 Å². The fourth-order valence-corrected chi connectivity index (χ4v) is 2.02. The van der Waals surface area contributed by atoms with Gasteiger partial charge in [0, 0.05) is 6.54 Å². The average Bonchev–Trinajstić information content (AvgIpc) is 2.38.